The summed E-state index contributed by atoms with van der Waals surface area (Å²) in [5.74, 6) is 0. The lowest BCUT2D eigenvalue weighted by molar-refractivity contribution is -0.308. The van der Waals surface area contributed by atoms with Crippen LogP contribution in [0.15, 0.2) is 18.2 Å². The van der Waals surface area contributed by atoms with Gasteiger partial charge in [-0.1, -0.05) is 6.07 Å². The highest BCUT2D eigenvalue weighted by Gasteiger charge is 2.60. The van der Waals surface area contributed by atoms with Crippen LogP contribution in [0.2, 0.25) is 0 Å². The van der Waals surface area contributed by atoms with Crippen molar-refractivity contribution in [1.29, 1.82) is 0 Å². The molecule has 0 aromatic heterocycles. The Kier molecular flexibility index (Phi) is 6.65. The zero-order valence-electron chi connectivity index (χ0n) is 15.9. The standard InChI is InChI=1S/C18H21F6N3O3/c19-17(20,21)15(18(22,23)24)30-16(28)27-10-12-1-2-14(9-13(12)11-27)25-3-4-26-5-7-29-8-6-26/h1-2,9,15,25H,3-8,10-11H2. The maximum absolute atomic E-state index is 12.6. The van der Waals surface area contributed by atoms with Gasteiger partial charge < -0.3 is 14.8 Å². The van der Waals surface area contributed by atoms with E-state index in [0.29, 0.717) is 30.9 Å². The molecule has 0 radical (unpaired) electrons. The van der Waals surface area contributed by atoms with Gasteiger partial charge in [-0.05, 0) is 23.3 Å². The first-order valence-electron chi connectivity index (χ1n) is 9.29. The van der Waals surface area contributed by atoms with Gasteiger partial charge in [-0.3, -0.25) is 9.80 Å². The van der Waals surface area contributed by atoms with Gasteiger partial charge in [-0.2, -0.15) is 26.3 Å². The van der Waals surface area contributed by atoms with Gasteiger partial charge >= 0.3 is 18.4 Å². The number of halogens is 6. The highest BCUT2D eigenvalue weighted by Crippen LogP contribution is 2.36. The lowest BCUT2D eigenvalue weighted by Crippen LogP contribution is -2.47. The molecule has 3 rings (SSSR count). The molecule has 1 aromatic carbocycles. The molecule has 2 heterocycles. The van der Waals surface area contributed by atoms with Gasteiger partial charge in [0.25, 0.3) is 6.10 Å². The summed E-state index contributed by atoms with van der Waals surface area (Å²) in [5, 5.41) is 3.22. The number of morpholine rings is 1. The summed E-state index contributed by atoms with van der Waals surface area (Å²) in [6.45, 7) is 4.28. The summed E-state index contributed by atoms with van der Waals surface area (Å²) in [7, 11) is 0. The Hall–Kier alpha value is -2.21. The van der Waals surface area contributed by atoms with E-state index in [1.54, 1.807) is 18.2 Å². The van der Waals surface area contributed by atoms with E-state index in [1.165, 1.54) is 0 Å². The first-order chi connectivity index (χ1) is 14.0. The summed E-state index contributed by atoms with van der Waals surface area (Å²) in [6.07, 6.45) is -17.3. The van der Waals surface area contributed by atoms with E-state index in [4.69, 9.17) is 4.74 Å². The number of amides is 1. The molecule has 2 aliphatic rings. The van der Waals surface area contributed by atoms with Crippen molar-refractivity contribution in [2.75, 3.05) is 44.7 Å². The van der Waals surface area contributed by atoms with Gasteiger partial charge in [0.05, 0.1) is 13.2 Å². The van der Waals surface area contributed by atoms with Crippen LogP contribution in [-0.4, -0.2) is 73.7 Å². The fourth-order valence-electron chi connectivity index (χ4n) is 3.31. The minimum absolute atomic E-state index is 0.120. The Morgan fingerprint density at radius 2 is 1.70 bits per heavy atom. The molecular weight excluding hydrogens is 420 g/mol. The van der Waals surface area contributed by atoms with Crippen molar-refractivity contribution in [1.82, 2.24) is 9.80 Å². The van der Waals surface area contributed by atoms with Crippen molar-refractivity contribution in [3.63, 3.8) is 0 Å². The Morgan fingerprint density at radius 3 is 2.33 bits per heavy atom. The first-order valence-corrected chi connectivity index (χ1v) is 9.29. The van der Waals surface area contributed by atoms with Crippen LogP contribution in [0.5, 0.6) is 0 Å². The zero-order valence-corrected chi connectivity index (χ0v) is 15.9. The second-order valence-electron chi connectivity index (χ2n) is 7.07. The number of ether oxygens (including phenoxy) is 2. The molecule has 168 valence electrons. The van der Waals surface area contributed by atoms with Crippen LogP contribution in [-0.2, 0) is 22.6 Å². The van der Waals surface area contributed by atoms with Crippen molar-refractivity contribution < 1.29 is 40.6 Å². The number of carbonyl (C=O) groups is 1. The fourth-order valence-corrected chi connectivity index (χ4v) is 3.31. The Bertz CT molecular complexity index is 736. The Balaban J connectivity index is 1.55. The summed E-state index contributed by atoms with van der Waals surface area (Å²) in [6, 6.07) is 5.17. The summed E-state index contributed by atoms with van der Waals surface area (Å²) in [4.78, 5) is 15.0. The van der Waals surface area contributed by atoms with E-state index in [1.807, 2.05) is 0 Å². The minimum Gasteiger partial charge on any atom is -0.426 e. The number of alkyl halides is 6. The molecular formula is C18H21F6N3O3. The minimum atomic E-state index is -5.74. The van der Waals surface area contributed by atoms with E-state index < -0.39 is 24.5 Å². The highest BCUT2D eigenvalue weighted by molar-refractivity contribution is 5.69. The quantitative estimate of drug-likeness (QED) is 0.711. The third kappa shape index (κ3) is 5.69. The molecule has 2 aliphatic heterocycles. The third-order valence-corrected chi connectivity index (χ3v) is 4.86. The van der Waals surface area contributed by atoms with Gasteiger partial charge in [0.2, 0.25) is 0 Å². The normalized spacial score (nSPS) is 17.9. The van der Waals surface area contributed by atoms with E-state index in [2.05, 4.69) is 15.0 Å². The largest absolute Gasteiger partial charge is 0.434 e. The molecule has 1 saturated heterocycles. The average Bonchev–Trinajstić information content (AvgIpc) is 3.08. The van der Waals surface area contributed by atoms with Crippen LogP contribution in [0.1, 0.15) is 11.1 Å². The number of hydrogen-bond donors (Lipinski definition) is 1. The van der Waals surface area contributed by atoms with Gasteiger partial charge in [0.15, 0.2) is 0 Å². The molecule has 0 unspecified atom stereocenters. The van der Waals surface area contributed by atoms with Crippen LogP contribution in [0.4, 0.5) is 36.8 Å². The Labute approximate surface area is 168 Å². The second-order valence-corrected chi connectivity index (χ2v) is 7.07. The van der Waals surface area contributed by atoms with Crippen LogP contribution >= 0.6 is 0 Å². The van der Waals surface area contributed by atoms with Gasteiger partial charge in [0.1, 0.15) is 0 Å². The van der Waals surface area contributed by atoms with Crippen molar-refractivity contribution in [3.8, 4) is 0 Å². The topological polar surface area (TPSA) is 54.0 Å². The average molecular weight is 441 g/mol. The van der Waals surface area contributed by atoms with Gasteiger partial charge in [-0.25, -0.2) is 4.79 Å². The van der Waals surface area contributed by atoms with Crippen LogP contribution in [0, 0.1) is 0 Å². The summed E-state index contributed by atoms with van der Waals surface area (Å²) in [5.41, 5.74) is 2.03. The fraction of sp³-hybridized carbons (Fsp3) is 0.611. The summed E-state index contributed by atoms with van der Waals surface area (Å²) < 4.78 is 84.6. The maximum atomic E-state index is 12.6. The van der Waals surface area contributed by atoms with Crippen molar-refractivity contribution >= 4 is 11.8 Å². The SMILES string of the molecule is O=C(OC(C(F)(F)F)C(F)(F)F)N1Cc2ccc(NCCN3CCOCC3)cc2C1. The predicted octanol–water partition coefficient (Wildman–Crippen LogP) is 3.38. The Morgan fingerprint density at radius 1 is 1.07 bits per heavy atom. The predicted molar refractivity (Wildman–Crippen MR) is 93.8 cm³/mol. The molecule has 0 spiro atoms. The lowest BCUT2D eigenvalue weighted by Gasteiger charge is -2.26. The van der Waals surface area contributed by atoms with Gasteiger partial charge in [0, 0.05) is 45.0 Å². The van der Waals surface area contributed by atoms with Crippen LogP contribution < -0.4 is 5.32 Å². The summed E-state index contributed by atoms with van der Waals surface area (Å²) >= 11 is 0. The van der Waals surface area contributed by atoms with E-state index in [0.717, 1.165) is 30.2 Å². The van der Waals surface area contributed by atoms with Crippen LogP contribution in [0.3, 0.4) is 0 Å². The molecule has 0 atom stereocenters. The molecule has 1 amide bonds. The first kappa shape index (κ1) is 22.5. The highest BCUT2D eigenvalue weighted by atomic mass is 19.4. The number of nitrogens with one attached hydrogen (secondary N) is 1. The molecule has 0 saturated carbocycles. The van der Waals surface area contributed by atoms with Crippen molar-refractivity contribution in [2.24, 2.45) is 0 Å². The molecule has 0 bridgehead atoms. The maximum Gasteiger partial charge on any atom is 0.434 e. The number of fused-ring (bicyclic) bond motifs is 1. The second kappa shape index (κ2) is 8.88. The number of carbonyl (C=O) groups excluding carboxylic acids is 1. The van der Waals surface area contributed by atoms with Crippen molar-refractivity contribution in [3.05, 3.63) is 29.3 Å². The van der Waals surface area contributed by atoms with E-state index in [9.17, 15) is 31.1 Å². The van der Waals surface area contributed by atoms with E-state index >= 15 is 0 Å². The number of nitrogens with zero attached hydrogens (tertiary/aromatic N) is 2. The number of anilines is 1. The molecule has 12 heteroatoms. The number of rotatable bonds is 5. The number of hydrogen-bond acceptors (Lipinski definition) is 5. The van der Waals surface area contributed by atoms with Crippen LogP contribution in [0.25, 0.3) is 0 Å². The molecule has 6 nitrogen and oxygen atoms in total. The monoisotopic (exact) mass is 441 g/mol. The van der Waals surface area contributed by atoms with E-state index in [-0.39, 0.29) is 13.1 Å². The van der Waals surface area contributed by atoms with Gasteiger partial charge in [-0.15, -0.1) is 0 Å². The molecule has 1 N–H and O–H groups in total. The molecule has 30 heavy (non-hydrogen) atoms. The molecule has 1 fully saturated rings. The third-order valence-electron chi connectivity index (χ3n) is 4.86. The number of benzene rings is 1. The lowest BCUT2D eigenvalue weighted by atomic mass is 10.1. The molecule has 1 aromatic rings. The smallest absolute Gasteiger partial charge is 0.426 e. The molecule has 0 aliphatic carbocycles. The van der Waals surface area contributed by atoms with Crippen molar-refractivity contribution in [2.45, 2.75) is 31.5 Å². The zero-order chi connectivity index (χ0) is 21.9.